The number of nitrogens with two attached hydrogens (primary N) is 1. The van der Waals surface area contributed by atoms with E-state index >= 15 is 0 Å². The van der Waals surface area contributed by atoms with Crippen LogP contribution in [0.1, 0.15) is 17.2 Å². The molecular weight excluding hydrogens is 300 g/mol. The highest BCUT2D eigenvalue weighted by molar-refractivity contribution is 6.30. The highest BCUT2D eigenvalue weighted by atomic mass is 35.5. The molecule has 0 fully saturated rings. The molecule has 2 rings (SSSR count). The van der Waals surface area contributed by atoms with E-state index in [0.29, 0.717) is 12.0 Å². The third kappa shape index (κ3) is 4.18. The van der Waals surface area contributed by atoms with Crippen LogP contribution >= 0.6 is 24.0 Å². The molecule has 0 aliphatic heterocycles. The maximum absolute atomic E-state index is 13.4. The first-order valence-electron chi connectivity index (χ1n) is 6.00. The second-order valence-corrected chi connectivity index (χ2v) is 4.86. The van der Waals surface area contributed by atoms with E-state index in [4.69, 9.17) is 17.3 Å². The van der Waals surface area contributed by atoms with Crippen molar-refractivity contribution < 1.29 is 9.50 Å². The van der Waals surface area contributed by atoms with Crippen molar-refractivity contribution in [3.05, 3.63) is 70.5 Å². The number of hydrogen-bond donors (Lipinski definition) is 2. The SMILES string of the molecule is Cl.N[C@H](c1ccc(Cl)c(F)c1)[C@@H](O)Cc1ccccc1. The van der Waals surface area contributed by atoms with Crippen LogP contribution < -0.4 is 5.73 Å². The Morgan fingerprint density at radius 1 is 1.15 bits per heavy atom. The summed E-state index contributed by atoms with van der Waals surface area (Å²) in [5, 5.41) is 10.2. The maximum Gasteiger partial charge on any atom is 0.142 e. The smallest absolute Gasteiger partial charge is 0.142 e. The minimum Gasteiger partial charge on any atom is -0.391 e. The van der Waals surface area contributed by atoms with Crippen molar-refractivity contribution in [3.8, 4) is 0 Å². The van der Waals surface area contributed by atoms with Crippen LogP contribution in [-0.4, -0.2) is 11.2 Å². The van der Waals surface area contributed by atoms with Crippen molar-refractivity contribution in [1.29, 1.82) is 0 Å². The molecule has 0 saturated heterocycles. The number of rotatable bonds is 4. The second kappa shape index (κ2) is 7.60. The second-order valence-electron chi connectivity index (χ2n) is 4.46. The van der Waals surface area contributed by atoms with Crippen molar-refractivity contribution in [2.45, 2.75) is 18.6 Å². The van der Waals surface area contributed by atoms with E-state index in [-0.39, 0.29) is 17.4 Å². The molecule has 108 valence electrons. The molecule has 0 spiro atoms. The average molecular weight is 316 g/mol. The van der Waals surface area contributed by atoms with E-state index in [1.165, 1.54) is 12.1 Å². The van der Waals surface area contributed by atoms with Crippen molar-refractivity contribution >= 4 is 24.0 Å². The normalized spacial score (nSPS) is 13.4. The Kier molecular flexibility index (Phi) is 6.43. The lowest BCUT2D eigenvalue weighted by molar-refractivity contribution is 0.145. The van der Waals surface area contributed by atoms with E-state index in [1.54, 1.807) is 6.07 Å². The molecule has 2 aromatic carbocycles. The molecular formula is C15H16Cl2FNO. The van der Waals surface area contributed by atoms with E-state index in [0.717, 1.165) is 5.56 Å². The van der Waals surface area contributed by atoms with Gasteiger partial charge in [0.25, 0.3) is 0 Å². The van der Waals surface area contributed by atoms with Gasteiger partial charge in [0.2, 0.25) is 0 Å². The zero-order valence-electron chi connectivity index (χ0n) is 10.7. The fourth-order valence-electron chi connectivity index (χ4n) is 1.92. The van der Waals surface area contributed by atoms with E-state index in [1.807, 2.05) is 30.3 Å². The van der Waals surface area contributed by atoms with Gasteiger partial charge in [0.05, 0.1) is 17.2 Å². The summed E-state index contributed by atoms with van der Waals surface area (Å²) in [5.74, 6) is -0.526. The lowest BCUT2D eigenvalue weighted by Crippen LogP contribution is -2.28. The van der Waals surface area contributed by atoms with Gasteiger partial charge in [0.1, 0.15) is 5.82 Å². The van der Waals surface area contributed by atoms with Crippen LogP contribution in [0.3, 0.4) is 0 Å². The van der Waals surface area contributed by atoms with E-state index in [9.17, 15) is 9.50 Å². The largest absolute Gasteiger partial charge is 0.391 e. The molecule has 0 aromatic heterocycles. The first-order chi connectivity index (χ1) is 9.08. The molecule has 0 heterocycles. The van der Waals surface area contributed by atoms with Gasteiger partial charge in [-0.05, 0) is 23.3 Å². The van der Waals surface area contributed by atoms with Crippen LogP contribution in [0.5, 0.6) is 0 Å². The van der Waals surface area contributed by atoms with Crippen molar-refractivity contribution in [2.75, 3.05) is 0 Å². The average Bonchev–Trinajstić information content (AvgIpc) is 2.42. The van der Waals surface area contributed by atoms with Crippen LogP contribution in [0.25, 0.3) is 0 Å². The Hall–Kier alpha value is -1.13. The van der Waals surface area contributed by atoms with Gasteiger partial charge in [-0.1, -0.05) is 48.0 Å². The molecule has 0 bridgehead atoms. The Balaban J connectivity index is 0.00000200. The number of hydrogen-bond acceptors (Lipinski definition) is 2. The summed E-state index contributed by atoms with van der Waals surface area (Å²) in [6.45, 7) is 0. The van der Waals surface area contributed by atoms with Gasteiger partial charge >= 0.3 is 0 Å². The molecule has 0 radical (unpaired) electrons. The van der Waals surface area contributed by atoms with Crippen LogP contribution in [0, 0.1) is 5.82 Å². The van der Waals surface area contributed by atoms with Crippen LogP contribution in [-0.2, 0) is 6.42 Å². The first kappa shape index (κ1) is 16.9. The van der Waals surface area contributed by atoms with Crippen LogP contribution in [0.15, 0.2) is 48.5 Å². The predicted molar refractivity (Wildman–Crippen MR) is 81.7 cm³/mol. The molecule has 0 amide bonds. The van der Waals surface area contributed by atoms with Gasteiger partial charge in [-0.25, -0.2) is 4.39 Å². The summed E-state index contributed by atoms with van der Waals surface area (Å²) in [7, 11) is 0. The zero-order chi connectivity index (χ0) is 13.8. The number of aliphatic hydroxyl groups excluding tert-OH is 1. The molecule has 5 heteroatoms. The van der Waals surface area contributed by atoms with Gasteiger partial charge in [-0.3, -0.25) is 0 Å². The lowest BCUT2D eigenvalue weighted by Gasteiger charge is -2.19. The Labute approximate surface area is 128 Å². The fourth-order valence-corrected chi connectivity index (χ4v) is 2.04. The van der Waals surface area contributed by atoms with Gasteiger partial charge in [0.15, 0.2) is 0 Å². The summed E-state index contributed by atoms with van der Waals surface area (Å²) < 4.78 is 13.4. The van der Waals surface area contributed by atoms with Crippen LogP contribution in [0.4, 0.5) is 4.39 Å². The summed E-state index contributed by atoms with van der Waals surface area (Å²) in [4.78, 5) is 0. The summed E-state index contributed by atoms with van der Waals surface area (Å²) in [6, 6.07) is 13.2. The summed E-state index contributed by atoms with van der Waals surface area (Å²) >= 11 is 5.62. The highest BCUT2D eigenvalue weighted by Crippen LogP contribution is 2.22. The monoisotopic (exact) mass is 315 g/mol. The van der Waals surface area contributed by atoms with Crippen LogP contribution in [0.2, 0.25) is 5.02 Å². The fraction of sp³-hybridized carbons (Fsp3) is 0.200. The number of aliphatic hydroxyl groups is 1. The maximum atomic E-state index is 13.4. The van der Waals surface area contributed by atoms with Crippen molar-refractivity contribution in [3.63, 3.8) is 0 Å². The Morgan fingerprint density at radius 3 is 2.40 bits per heavy atom. The minimum absolute atomic E-state index is 0. The molecule has 0 aliphatic rings. The zero-order valence-corrected chi connectivity index (χ0v) is 12.2. The molecule has 2 atom stereocenters. The molecule has 20 heavy (non-hydrogen) atoms. The number of halogens is 3. The molecule has 2 aromatic rings. The number of benzene rings is 2. The highest BCUT2D eigenvalue weighted by Gasteiger charge is 2.18. The molecule has 2 nitrogen and oxygen atoms in total. The summed E-state index contributed by atoms with van der Waals surface area (Å²) in [6.07, 6.45) is -0.352. The first-order valence-corrected chi connectivity index (χ1v) is 6.38. The standard InChI is InChI=1S/C15H15ClFNO.ClH/c16-12-7-6-11(9-13(12)17)15(18)14(19)8-10-4-2-1-3-5-10;/h1-7,9,14-15,19H,8,18H2;1H/t14-,15+;/m0./s1. The van der Waals surface area contributed by atoms with E-state index in [2.05, 4.69) is 0 Å². The lowest BCUT2D eigenvalue weighted by atomic mass is 9.97. The molecule has 0 saturated carbocycles. The third-order valence-electron chi connectivity index (χ3n) is 3.03. The minimum atomic E-state index is -0.775. The predicted octanol–water partition coefficient (Wildman–Crippen LogP) is 3.50. The van der Waals surface area contributed by atoms with Gasteiger partial charge in [-0.15, -0.1) is 12.4 Å². The van der Waals surface area contributed by atoms with Crippen molar-refractivity contribution in [1.82, 2.24) is 0 Å². The third-order valence-corrected chi connectivity index (χ3v) is 3.34. The summed E-state index contributed by atoms with van der Waals surface area (Å²) in [5.41, 5.74) is 7.46. The van der Waals surface area contributed by atoms with Crippen molar-refractivity contribution in [2.24, 2.45) is 5.73 Å². The Bertz CT molecular complexity index is 551. The van der Waals surface area contributed by atoms with Gasteiger partial charge in [-0.2, -0.15) is 0 Å². The Morgan fingerprint density at radius 2 is 1.80 bits per heavy atom. The van der Waals surface area contributed by atoms with Gasteiger partial charge in [0, 0.05) is 6.42 Å². The quantitative estimate of drug-likeness (QED) is 0.907. The molecule has 0 unspecified atom stereocenters. The van der Waals surface area contributed by atoms with Gasteiger partial charge < -0.3 is 10.8 Å². The molecule has 3 N–H and O–H groups in total. The van der Waals surface area contributed by atoms with E-state index < -0.39 is 18.0 Å². The topological polar surface area (TPSA) is 46.2 Å². The molecule has 0 aliphatic carbocycles.